The van der Waals surface area contributed by atoms with Gasteiger partial charge in [0.25, 0.3) is 0 Å². The van der Waals surface area contributed by atoms with Gasteiger partial charge in [-0.25, -0.2) is 0 Å². The molecule has 0 radical (unpaired) electrons. The Morgan fingerprint density at radius 1 is 0.737 bits per heavy atom. The van der Waals surface area contributed by atoms with Crippen molar-refractivity contribution in [2.24, 2.45) is 0 Å². The van der Waals surface area contributed by atoms with E-state index in [4.69, 9.17) is 0 Å². The number of benzene rings is 2. The molecular formula is C18H18O. The Kier molecular flexibility index (Phi) is 2.60. The van der Waals surface area contributed by atoms with Gasteiger partial charge in [0.15, 0.2) is 5.78 Å². The van der Waals surface area contributed by atoms with Gasteiger partial charge in [-0.05, 0) is 67.5 Å². The zero-order valence-corrected chi connectivity index (χ0v) is 11.9. The van der Waals surface area contributed by atoms with Gasteiger partial charge in [0.1, 0.15) is 0 Å². The Balaban J connectivity index is 2.29. The van der Waals surface area contributed by atoms with E-state index in [0.29, 0.717) is 0 Å². The van der Waals surface area contributed by atoms with Crippen molar-refractivity contribution in [1.82, 2.24) is 0 Å². The first-order valence-corrected chi connectivity index (χ1v) is 6.73. The van der Waals surface area contributed by atoms with Crippen molar-refractivity contribution >= 4 is 5.78 Å². The molecule has 96 valence electrons. The van der Waals surface area contributed by atoms with Crippen LogP contribution in [0.5, 0.6) is 0 Å². The number of ketones is 1. The first-order chi connectivity index (χ1) is 9.00. The van der Waals surface area contributed by atoms with Gasteiger partial charge in [-0.1, -0.05) is 24.3 Å². The predicted molar refractivity (Wildman–Crippen MR) is 78.1 cm³/mol. The minimum atomic E-state index is 0.183. The molecule has 0 saturated heterocycles. The molecule has 0 spiro atoms. The highest BCUT2D eigenvalue weighted by molar-refractivity contribution is 6.12. The van der Waals surface area contributed by atoms with E-state index in [9.17, 15) is 4.79 Å². The minimum Gasteiger partial charge on any atom is -0.289 e. The van der Waals surface area contributed by atoms with Gasteiger partial charge in [0, 0.05) is 11.1 Å². The summed E-state index contributed by atoms with van der Waals surface area (Å²) >= 11 is 0. The Bertz CT molecular complexity index is 649. The SMILES string of the molecule is Cc1ccc2c(c1C)Cc1c(ccc(C)c1C)C2=O. The lowest BCUT2D eigenvalue weighted by Crippen LogP contribution is -2.18. The van der Waals surface area contributed by atoms with Crippen LogP contribution in [0.3, 0.4) is 0 Å². The maximum atomic E-state index is 12.6. The average Bonchev–Trinajstić information content (AvgIpc) is 2.39. The van der Waals surface area contributed by atoms with Gasteiger partial charge < -0.3 is 0 Å². The molecule has 0 bridgehead atoms. The summed E-state index contributed by atoms with van der Waals surface area (Å²) < 4.78 is 0. The molecule has 1 heteroatoms. The molecule has 1 aliphatic rings. The van der Waals surface area contributed by atoms with Gasteiger partial charge in [-0.15, -0.1) is 0 Å². The lowest BCUT2D eigenvalue weighted by molar-refractivity contribution is 0.103. The van der Waals surface area contributed by atoms with Crippen LogP contribution in [0.15, 0.2) is 24.3 Å². The van der Waals surface area contributed by atoms with E-state index >= 15 is 0 Å². The highest BCUT2D eigenvalue weighted by Crippen LogP contribution is 2.33. The van der Waals surface area contributed by atoms with Crippen molar-refractivity contribution in [3.63, 3.8) is 0 Å². The van der Waals surface area contributed by atoms with E-state index in [2.05, 4.69) is 39.8 Å². The summed E-state index contributed by atoms with van der Waals surface area (Å²) in [5.41, 5.74) is 9.26. The van der Waals surface area contributed by atoms with Crippen LogP contribution in [0, 0.1) is 27.7 Å². The fraction of sp³-hybridized carbons (Fsp3) is 0.278. The maximum absolute atomic E-state index is 12.6. The summed E-state index contributed by atoms with van der Waals surface area (Å²) in [4.78, 5) is 12.6. The molecule has 0 aliphatic heterocycles. The van der Waals surface area contributed by atoms with E-state index in [1.54, 1.807) is 0 Å². The summed E-state index contributed by atoms with van der Waals surface area (Å²) in [5.74, 6) is 0.183. The Morgan fingerprint density at radius 2 is 1.16 bits per heavy atom. The molecule has 0 saturated carbocycles. The van der Waals surface area contributed by atoms with Crippen LogP contribution in [0.2, 0.25) is 0 Å². The number of rotatable bonds is 0. The fourth-order valence-electron chi connectivity index (χ4n) is 2.95. The number of hydrogen-bond donors (Lipinski definition) is 0. The van der Waals surface area contributed by atoms with Crippen LogP contribution in [0.4, 0.5) is 0 Å². The monoisotopic (exact) mass is 250 g/mol. The molecule has 0 N–H and O–H groups in total. The van der Waals surface area contributed by atoms with Gasteiger partial charge in [-0.2, -0.15) is 0 Å². The third-order valence-electron chi connectivity index (χ3n) is 4.58. The fourth-order valence-corrected chi connectivity index (χ4v) is 2.95. The highest BCUT2D eigenvalue weighted by atomic mass is 16.1. The molecule has 0 aromatic heterocycles. The summed E-state index contributed by atoms with van der Waals surface area (Å²) in [5, 5.41) is 0. The second kappa shape index (κ2) is 4.06. The van der Waals surface area contributed by atoms with Crippen molar-refractivity contribution in [3.8, 4) is 0 Å². The van der Waals surface area contributed by atoms with Crippen molar-refractivity contribution in [2.75, 3.05) is 0 Å². The number of carbonyl (C=O) groups excluding carboxylic acids is 1. The Labute approximate surface area is 114 Å². The van der Waals surface area contributed by atoms with Crippen molar-refractivity contribution < 1.29 is 4.79 Å². The molecule has 2 aromatic rings. The molecule has 0 amide bonds. The minimum absolute atomic E-state index is 0.183. The van der Waals surface area contributed by atoms with Crippen LogP contribution < -0.4 is 0 Å². The molecule has 1 aliphatic carbocycles. The van der Waals surface area contributed by atoms with E-state index in [1.807, 2.05) is 12.1 Å². The third kappa shape index (κ3) is 1.65. The average molecular weight is 250 g/mol. The van der Waals surface area contributed by atoms with E-state index in [0.717, 1.165) is 17.5 Å². The van der Waals surface area contributed by atoms with Gasteiger partial charge in [0.05, 0.1) is 0 Å². The summed E-state index contributed by atoms with van der Waals surface area (Å²) in [7, 11) is 0. The first kappa shape index (κ1) is 12.2. The normalized spacial score (nSPS) is 13.2. The van der Waals surface area contributed by atoms with Crippen LogP contribution in [0.25, 0.3) is 0 Å². The topological polar surface area (TPSA) is 17.1 Å². The number of fused-ring (bicyclic) bond motifs is 2. The van der Waals surface area contributed by atoms with E-state index in [-0.39, 0.29) is 5.78 Å². The molecule has 2 aromatic carbocycles. The number of carbonyl (C=O) groups is 1. The zero-order valence-electron chi connectivity index (χ0n) is 11.9. The lowest BCUT2D eigenvalue weighted by atomic mass is 9.79. The lowest BCUT2D eigenvalue weighted by Gasteiger charge is -2.23. The predicted octanol–water partition coefficient (Wildman–Crippen LogP) is 4.06. The van der Waals surface area contributed by atoms with Gasteiger partial charge >= 0.3 is 0 Å². The van der Waals surface area contributed by atoms with Crippen molar-refractivity contribution in [3.05, 3.63) is 68.8 Å². The maximum Gasteiger partial charge on any atom is 0.193 e. The van der Waals surface area contributed by atoms with Crippen molar-refractivity contribution in [1.29, 1.82) is 0 Å². The van der Waals surface area contributed by atoms with Crippen LogP contribution in [-0.4, -0.2) is 5.78 Å². The largest absolute Gasteiger partial charge is 0.289 e. The Hall–Kier alpha value is -1.89. The number of aryl methyl sites for hydroxylation is 2. The molecule has 0 atom stereocenters. The number of hydrogen-bond acceptors (Lipinski definition) is 1. The summed E-state index contributed by atoms with van der Waals surface area (Å²) in [6, 6.07) is 8.08. The van der Waals surface area contributed by atoms with E-state index < -0.39 is 0 Å². The molecule has 0 fully saturated rings. The molecule has 0 heterocycles. The molecule has 19 heavy (non-hydrogen) atoms. The second-order valence-corrected chi connectivity index (χ2v) is 5.57. The van der Waals surface area contributed by atoms with Crippen molar-refractivity contribution in [2.45, 2.75) is 34.1 Å². The molecule has 1 nitrogen and oxygen atoms in total. The van der Waals surface area contributed by atoms with Crippen LogP contribution in [0.1, 0.15) is 49.3 Å². The quantitative estimate of drug-likeness (QED) is 0.588. The molecular weight excluding hydrogens is 232 g/mol. The van der Waals surface area contributed by atoms with Crippen LogP contribution in [-0.2, 0) is 6.42 Å². The second-order valence-electron chi connectivity index (χ2n) is 5.57. The first-order valence-electron chi connectivity index (χ1n) is 6.73. The third-order valence-corrected chi connectivity index (χ3v) is 4.58. The van der Waals surface area contributed by atoms with Crippen LogP contribution >= 0.6 is 0 Å². The standard InChI is InChI=1S/C18H18O/c1-10-5-7-14-16(12(10)3)9-17-13(4)11(2)6-8-15(17)18(14)19/h5-8H,9H2,1-4H3. The zero-order chi connectivity index (χ0) is 13.7. The van der Waals surface area contributed by atoms with Gasteiger partial charge in [-0.3, -0.25) is 4.79 Å². The highest BCUT2D eigenvalue weighted by Gasteiger charge is 2.26. The molecule has 3 rings (SSSR count). The Morgan fingerprint density at radius 3 is 1.58 bits per heavy atom. The smallest absolute Gasteiger partial charge is 0.193 e. The summed E-state index contributed by atoms with van der Waals surface area (Å²) in [6.07, 6.45) is 0.886. The van der Waals surface area contributed by atoms with Gasteiger partial charge in [0.2, 0.25) is 0 Å². The molecule has 0 unspecified atom stereocenters. The summed E-state index contributed by atoms with van der Waals surface area (Å²) in [6.45, 7) is 8.46. The van der Waals surface area contributed by atoms with E-state index in [1.165, 1.54) is 33.4 Å².